The van der Waals surface area contributed by atoms with Crippen LogP contribution in [0.2, 0.25) is 0 Å². The Morgan fingerprint density at radius 2 is 2.10 bits per heavy atom. The van der Waals surface area contributed by atoms with Gasteiger partial charge in [0, 0.05) is 0 Å². The largest absolute Gasteiger partial charge is 0.465 e. The minimum absolute atomic E-state index is 0.0792. The van der Waals surface area contributed by atoms with Crippen LogP contribution >= 0.6 is 11.3 Å². The van der Waals surface area contributed by atoms with Crippen molar-refractivity contribution in [2.75, 3.05) is 17.6 Å². The van der Waals surface area contributed by atoms with Gasteiger partial charge in [-0.3, -0.25) is 4.72 Å². The third-order valence-corrected chi connectivity index (χ3v) is 4.88. The molecule has 1 heterocycles. The molecular weight excluding hydrogens is 319 g/mol. The number of carbonyl (C=O) groups excluding carboxylic acids is 1. The van der Waals surface area contributed by atoms with Crippen molar-refractivity contribution in [3.05, 3.63) is 40.3 Å². The van der Waals surface area contributed by atoms with Gasteiger partial charge < -0.3 is 10.5 Å². The molecule has 112 valence electrons. The van der Waals surface area contributed by atoms with Crippen molar-refractivity contribution in [1.82, 2.24) is 0 Å². The zero-order chi connectivity index (χ0) is 15.6. The summed E-state index contributed by atoms with van der Waals surface area (Å²) in [6, 6.07) is 4.37. The summed E-state index contributed by atoms with van der Waals surface area (Å²) in [7, 11) is -2.84. The van der Waals surface area contributed by atoms with Crippen LogP contribution in [0.1, 0.15) is 9.67 Å². The first-order chi connectivity index (χ1) is 9.85. The van der Waals surface area contributed by atoms with Crippen molar-refractivity contribution in [2.24, 2.45) is 0 Å². The van der Waals surface area contributed by atoms with Crippen LogP contribution in [-0.4, -0.2) is 21.5 Å². The number of methoxy groups -OCH3 is 1. The van der Waals surface area contributed by atoms with E-state index in [9.17, 15) is 17.6 Å². The van der Waals surface area contributed by atoms with Gasteiger partial charge in [-0.1, -0.05) is 0 Å². The number of esters is 1. The van der Waals surface area contributed by atoms with E-state index in [0.29, 0.717) is 0 Å². The maximum Gasteiger partial charge on any atom is 0.350 e. The fourth-order valence-electron chi connectivity index (χ4n) is 1.60. The summed E-state index contributed by atoms with van der Waals surface area (Å²) in [6.45, 7) is 0. The molecule has 1 aromatic carbocycles. The number of hydrogen-bond donors (Lipinski definition) is 2. The summed E-state index contributed by atoms with van der Waals surface area (Å²) in [5, 5.41) is 1.54. The van der Waals surface area contributed by atoms with Gasteiger partial charge in [0.25, 0.3) is 10.0 Å². The number of nitrogens with one attached hydrogen (secondary N) is 1. The van der Waals surface area contributed by atoms with Crippen LogP contribution in [-0.2, 0) is 14.8 Å². The summed E-state index contributed by atoms with van der Waals surface area (Å²) in [5.41, 5.74) is 5.37. The molecule has 21 heavy (non-hydrogen) atoms. The van der Waals surface area contributed by atoms with Gasteiger partial charge >= 0.3 is 5.97 Å². The molecule has 1 aromatic heterocycles. The summed E-state index contributed by atoms with van der Waals surface area (Å²) in [5.74, 6) is -1.30. The number of hydrogen-bond acceptors (Lipinski definition) is 6. The van der Waals surface area contributed by atoms with Crippen molar-refractivity contribution in [3.8, 4) is 0 Å². The molecule has 6 nitrogen and oxygen atoms in total. The second kappa shape index (κ2) is 5.70. The van der Waals surface area contributed by atoms with Gasteiger partial charge in [0.2, 0.25) is 0 Å². The average Bonchev–Trinajstić information content (AvgIpc) is 2.84. The van der Waals surface area contributed by atoms with E-state index in [1.807, 2.05) is 0 Å². The van der Waals surface area contributed by atoms with Crippen molar-refractivity contribution in [2.45, 2.75) is 4.90 Å². The molecule has 0 bridgehead atoms. The van der Waals surface area contributed by atoms with Crippen LogP contribution in [0.25, 0.3) is 0 Å². The molecule has 0 spiro atoms. The van der Waals surface area contributed by atoms with Crippen LogP contribution in [0, 0.1) is 5.82 Å². The lowest BCUT2D eigenvalue weighted by atomic mass is 10.3. The molecule has 0 fully saturated rings. The van der Waals surface area contributed by atoms with Crippen molar-refractivity contribution in [1.29, 1.82) is 0 Å². The molecule has 9 heteroatoms. The maximum absolute atomic E-state index is 13.0. The van der Waals surface area contributed by atoms with Crippen LogP contribution in [0.3, 0.4) is 0 Å². The second-order valence-corrected chi connectivity index (χ2v) is 6.51. The molecule has 0 amide bonds. The molecule has 0 saturated carbocycles. The first kappa shape index (κ1) is 15.3. The Morgan fingerprint density at radius 3 is 2.71 bits per heavy atom. The van der Waals surface area contributed by atoms with Gasteiger partial charge in [-0.05, 0) is 29.6 Å². The predicted molar refractivity (Wildman–Crippen MR) is 77.3 cm³/mol. The monoisotopic (exact) mass is 330 g/mol. The molecule has 2 rings (SSSR count). The minimum atomic E-state index is -4.04. The van der Waals surface area contributed by atoms with E-state index < -0.39 is 21.8 Å². The van der Waals surface area contributed by atoms with Gasteiger partial charge in [-0.15, -0.1) is 11.3 Å². The van der Waals surface area contributed by atoms with E-state index in [4.69, 9.17) is 5.73 Å². The number of carbonyl (C=O) groups is 1. The fourth-order valence-corrected chi connectivity index (χ4v) is 3.62. The quantitative estimate of drug-likeness (QED) is 0.660. The summed E-state index contributed by atoms with van der Waals surface area (Å²) in [4.78, 5) is 11.3. The minimum Gasteiger partial charge on any atom is -0.465 e. The highest BCUT2D eigenvalue weighted by Gasteiger charge is 2.22. The lowest BCUT2D eigenvalue weighted by Gasteiger charge is -2.10. The number of thiophene rings is 1. The molecule has 0 aliphatic rings. The van der Waals surface area contributed by atoms with E-state index in [1.165, 1.54) is 18.6 Å². The van der Waals surface area contributed by atoms with Crippen molar-refractivity contribution < 1.29 is 22.3 Å². The zero-order valence-corrected chi connectivity index (χ0v) is 12.4. The van der Waals surface area contributed by atoms with Gasteiger partial charge in [-0.25, -0.2) is 17.6 Å². The Bertz CT molecular complexity index is 786. The molecule has 0 atom stereocenters. The zero-order valence-electron chi connectivity index (χ0n) is 10.8. The topological polar surface area (TPSA) is 98.5 Å². The maximum atomic E-state index is 13.0. The van der Waals surface area contributed by atoms with E-state index in [1.54, 1.807) is 0 Å². The van der Waals surface area contributed by atoms with Gasteiger partial charge in [0.05, 0.1) is 18.5 Å². The van der Waals surface area contributed by atoms with Gasteiger partial charge in [-0.2, -0.15) is 0 Å². The number of nitrogens with two attached hydrogens (primary N) is 1. The number of halogens is 1. The van der Waals surface area contributed by atoms with E-state index in [0.717, 1.165) is 29.5 Å². The van der Waals surface area contributed by atoms with Crippen LogP contribution in [0.4, 0.5) is 15.8 Å². The number of ether oxygens (including phenoxy) is 1. The lowest BCUT2D eigenvalue weighted by molar-refractivity contribution is 0.0607. The molecule has 0 unspecified atom stereocenters. The van der Waals surface area contributed by atoms with Gasteiger partial charge in [0.15, 0.2) is 0 Å². The highest BCUT2D eigenvalue weighted by molar-refractivity contribution is 7.93. The first-order valence-electron chi connectivity index (χ1n) is 5.59. The van der Waals surface area contributed by atoms with Crippen LogP contribution < -0.4 is 10.5 Å². The van der Waals surface area contributed by atoms with Crippen LogP contribution in [0.15, 0.2) is 34.5 Å². The van der Waals surface area contributed by atoms with Crippen molar-refractivity contribution in [3.63, 3.8) is 0 Å². The summed E-state index contributed by atoms with van der Waals surface area (Å²) >= 11 is 1.03. The Balaban J connectivity index is 2.38. The van der Waals surface area contributed by atoms with E-state index in [-0.39, 0.29) is 21.1 Å². The third-order valence-electron chi connectivity index (χ3n) is 2.54. The molecule has 0 radical (unpaired) electrons. The van der Waals surface area contributed by atoms with Gasteiger partial charge in [0.1, 0.15) is 15.6 Å². The van der Waals surface area contributed by atoms with E-state index in [2.05, 4.69) is 9.46 Å². The molecule has 0 aliphatic heterocycles. The van der Waals surface area contributed by atoms with Crippen molar-refractivity contribution >= 4 is 38.7 Å². The third kappa shape index (κ3) is 3.14. The molecule has 2 aromatic rings. The highest BCUT2D eigenvalue weighted by Crippen LogP contribution is 2.27. The Kier molecular flexibility index (Phi) is 4.14. The number of rotatable bonds is 4. The fraction of sp³-hybridized carbons (Fsp3) is 0.0833. The lowest BCUT2D eigenvalue weighted by Crippen LogP contribution is -2.16. The Morgan fingerprint density at radius 1 is 1.38 bits per heavy atom. The number of sulfonamides is 1. The molecule has 0 saturated heterocycles. The normalized spacial score (nSPS) is 11.1. The number of benzene rings is 1. The molecule has 3 N–H and O–H groups in total. The summed E-state index contributed by atoms with van der Waals surface area (Å²) in [6.07, 6.45) is 0. The summed E-state index contributed by atoms with van der Waals surface area (Å²) < 4.78 is 44.2. The molecule has 0 aliphatic carbocycles. The Hall–Kier alpha value is -2.13. The van der Waals surface area contributed by atoms with Crippen LogP contribution in [0.5, 0.6) is 0 Å². The SMILES string of the molecule is COC(=O)c1sccc1NS(=O)(=O)c1ccc(F)cc1N. The van der Waals surface area contributed by atoms with E-state index >= 15 is 0 Å². The standard InChI is InChI=1S/C12H11FN2O4S2/c1-19-12(16)11-9(4-5-20-11)15-21(17,18)10-3-2-7(13)6-8(10)14/h2-6,15H,14H2,1H3. The Labute approximate surface area is 124 Å². The number of nitrogen functional groups attached to an aromatic ring is 1. The smallest absolute Gasteiger partial charge is 0.350 e. The first-order valence-corrected chi connectivity index (χ1v) is 7.95. The molecular formula is C12H11FN2O4S2. The predicted octanol–water partition coefficient (Wildman–Crippen LogP) is 2.06. The number of anilines is 2. The highest BCUT2D eigenvalue weighted by atomic mass is 32.2. The second-order valence-electron chi connectivity index (χ2n) is 3.94. The average molecular weight is 330 g/mol.